The van der Waals surface area contributed by atoms with Crippen molar-refractivity contribution in [3.05, 3.63) is 95.0 Å². The zero-order valence-electron chi connectivity index (χ0n) is 15.8. The van der Waals surface area contributed by atoms with Gasteiger partial charge in [-0.05, 0) is 42.3 Å². The van der Waals surface area contributed by atoms with Crippen molar-refractivity contribution in [3.8, 4) is 0 Å². The Labute approximate surface area is 175 Å². The van der Waals surface area contributed by atoms with Gasteiger partial charge in [-0.1, -0.05) is 67.1 Å². The topological polar surface area (TPSA) is 75.3 Å². The van der Waals surface area contributed by atoms with E-state index in [4.69, 9.17) is 11.6 Å². The van der Waals surface area contributed by atoms with Crippen molar-refractivity contribution in [1.29, 1.82) is 0 Å². The van der Waals surface area contributed by atoms with Crippen molar-refractivity contribution in [2.45, 2.75) is 24.3 Å². The molecule has 7 heteroatoms. The molecule has 150 valence electrons. The second kappa shape index (κ2) is 9.11. The fraction of sp³-hybridized carbons (Fsp3) is 0.136. The molecule has 2 N–H and O–H groups in total. The summed E-state index contributed by atoms with van der Waals surface area (Å²) in [6, 6.07) is 22.1. The second-order valence-electron chi connectivity index (χ2n) is 6.46. The second-order valence-corrected chi connectivity index (χ2v) is 8.55. The number of hydrogen-bond acceptors (Lipinski definition) is 3. The minimum absolute atomic E-state index is 0.126. The van der Waals surface area contributed by atoms with Crippen molar-refractivity contribution in [2.24, 2.45) is 0 Å². The Bertz CT molecular complexity index is 1090. The third-order valence-electron chi connectivity index (χ3n) is 4.44. The molecule has 0 aromatic heterocycles. The minimum atomic E-state index is -3.76. The van der Waals surface area contributed by atoms with Crippen molar-refractivity contribution in [1.82, 2.24) is 5.32 Å². The number of nitrogens with one attached hydrogen (secondary N) is 2. The Morgan fingerprint density at radius 2 is 1.59 bits per heavy atom. The van der Waals surface area contributed by atoms with Gasteiger partial charge in [0.1, 0.15) is 0 Å². The van der Waals surface area contributed by atoms with Gasteiger partial charge >= 0.3 is 0 Å². The van der Waals surface area contributed by atoms with E-state index in [2.05, 4.69) is 10.0 Å². The minimum Gasteiger partial charge on any atom is -0.345 e. The molecule has 3 aromatic rings. The van der Waals surface area contributed by atoms with E-state index < -0.39 is 10.0 Å². The molecule has 0 heterocycles. The number of carbonyl (C=O) groups excluding carboxylic acids is 1. The van der Waals surface area contributed by atoms with Gasteiger partial charge in [0.2, 0.25) is 0 Å². The first kappa shape index (κ1) is 20.9. The molecule has 1 amide bonds. The number of anilines is 1. The van der Waals surface area contributed by atoms with E-state index >= 15 is 0 Å². The molecule has 1 atom stereocenters. The molecular weight excluding hydrogens is 408 g/mol. The van der Waals surface area contributed by atoms with Gasteiger partial charge in [0.25, 0.3) is 15.9 Å². The maximum atomic E-state index is 12.6. The van der Waals surface area contributed by atoms with Crippen LogP contribution in [0.4, 0.5) is 5.69 Å². The molecule has 0 unspecified atom stereocenters. The highest BCUT2D eigenvalue weighted by atomic mass is 35.5. The highest BCUT2D eigenvalue weighted by molar-refractivity contribution is 7.92. The molecular formula is C22H21ClN2O3S. The average molecular weight is 429 g/mol. The predicted octanol–water partition coefficient (Wildman–Crippen LogP) is 5.02. The quantitative estimate of drug-likeness (QED) is 0.554. The molecule has 0 spiro atoms. The lowest BCUT2D eigenvalue weighted by molar-refractivity contribution is 0.0935. The van der Waals surface area contributed by atoms with Crippen LogP contribution in [0.15, 0.2) is 83.8 Å². The first-order valence-electron chi connectivity index (χ1n) is 9.14. The van der Waals surface area contributed by atoms with Crippen molar-refractivity contribution in [3.63, 3.8) is 0 Å². The van der Waals surface area contributed by atoms with E-state index in [0.717, 1.165) is 12.0 Å². The lowest BCUT2D eigenvalue weighted by Crippen LogP contribution is -2.28. The average Bonchev–Trinajstić information content (AvgIpc) is 2.74. The number of carbonyl (C=O) groups is 1. The maximum Gasteiger partial charge on any atom is 0.261 e. The molecule has 3 rings (SSSR count). The number of amides is 1. The van der Waals surface area contributed by atoms with Crippen LogP contribution in [0.3, 0.4) is 0 Å². The summed E-state index contributed by atoms with van der Waals surface area (Å²) >= 11 is 6.25. The molecule has 0 bridgehead atoms. The van der Waals surface area contributed by atoms with Gasteiger partial charge in [-0.2, -0.15) is 0 Å². The maximum absolute atomic E-state index is 12.6. The van der Waals surface area contributed by atoms with Crippen LogP contribution in [0.2, 0.25) is 5.02 Å². The van der Waals surface area contributed by atoms with Crippen LogP contribution in [-0.2, 0) is 10.0 Å². The van der Waals surface area contributed by atoms with E-state index in [1.165, 1.54) is 24.3 Å². The Balaban J connectivity index is 1.76. The molecule has 5 nitrogen and oxygen atoms in total. The molecule has 0 fully saturated rings. The van der Waals surface area contributed by atoms with Gasteiger partial charge in [0.05, 0.1) is 21.6 Å². The molecule has 0 saturated carbocycles. The molecule has 3 aromatic carbocycles. The van der Waals surface area contributed by atoms with Gasteiger partial charge in [0, 0.05) is 5.56 Å². The van der Waals surface area contributed by atoms with Crippen LogP contribution in [-0.4, -0.2) is 14.3 Å². The fourth-order valence-corrected chi connectivity index (χ4v) is 4.28. The summed E-state index contributed by atoms with van der Waals surface area (Å²) in [6.45, 7) is 1.99. The number of sulfonamides is 1. The molecule has 0 saturated heterocycles. The molecule has 0 aliphatic heterocycles. The van der Waals surface area contributed by atoms with E-state index in [1.54, 1.807) is 24.3 Å². The number of benzene rings is 3. The van der Waals surface area contributed by atoms with Crippen LogP contribution in [0.25, 0.3) is 0 Å². The highest BCUT2D eigenvalue weighted by Crippen LogP contribution is 2.26. The summed E-state index contributed by atoms with van der Waals surface area (Å²) in [6.07, 6.45) is 0.735. The van der Waals surface area contributed by atoms with Crippen LogP contribution in [0, 0.1) is 0 Å². The standard InChI is InChI=1S/C22H21ClN2O3S/c1-2-20(16-9-5-3-6-10-16)24-22(26)17-13-14-21(19(23)15-17)25-29(27,28)18-11-7-4-8-12-18/h3-15,20,25H,2H2,1H3,(H,24,26)/t20-/m0/s1. The summed E-state index contributed by atoms with van der Waals surface area (Å²) in [5.41, 5.74) is 1.58. The third kappa shape index (κ3) is 5.16. The Morgan fingerprint density at radius 3 is 2.17 bits per heavy atom. The zero-order valence-corrected chi connectivity index (χ0v) is 17.4. The summed E-state index contributed by atoms with van der Waals surface area (Å²) in [7, 11) is -3.76. The lowest BCUT2D eigenvalue weighted by atomic mass is 10.0. The number of hydrogen-bond donors (Lipinski definition) is 2. The van der Waals surface area contributed by atoms with E-state index in [1.807, 2.05) is 37.3 Å². The van der Waals surface area contributed by atoms with Gasteiger partial charge in [-0.15, -0.1) is 0 Å². The fourth-order valence-electron chi connectivity index (χ4n) is 2.89. The molecule has 29 heavy (non-hydrogen) atoms. The van der Waals surface area contributed by atoms with E-state index in [0.29, 0.717) is 5.56 Å². The van der Waals surface area contributed by atoms with Gasteiger partial charge < -0.3 is 5.32 Å². The van der Waals surface area contributed by atoms with Crippen molar-refractivity contribution in [2.75, 3.05) is 4.72 Å². The van der Waals surface area contributed by atoms with Gasteiger partial charge in [-0.3, -0.25) is 9.52 Å². The van der Waals surface area contributed by atoms with Gasteiger partial charge in [0.15, 0.2) is 0 Å². The van der Waals surface area contributed by atoms with Crippen LogP contribution in [0.1, 0.15) is 35.3 Å². The predicted molar refractivity (Wildman–Crippen MR) is 116 cm³/mol. The first-order chi connectivity index (χ1) is 13.9. The number of halogens is 1. The summed E-state index contributed by atoms with van der Waals surface area (Å²) < 4.78 is 27.4. The lowest BCUT2D eigenvalue weighted by Gasteiger charge is -2.18. The van der Waals surface area contributed by atoms with Crippen molar-refractivity contribution >= 4 is 33.2 Å². The van der Waals surface area contributed by atoms with Crippen molar-refractivity contribution < 1.29 is 13.2 Å². The molecule has 0 radical (unpaired) electrons. The first-order valence-corrected chi connectivity index (χ1v) is 11.0. The van der Waals surface area contributed by atoms with E-state index in [-0.39, 0.29) is 27.6 Å². The highest BCUT2D eigenvalue weighted by Gasteiger charge is 2.18. The third-order valence-corrected chi connectivity index (χ3v) is 6.14. The normalized spacial score (nSPS) is 12.2. The zero-order chi connectivity index (χ0) is 20.9. The molecule has 0 aliphatic carbocycles. The molecule has 0 aliphatic rings. The summed E-state index contributed by atoms with van der Waals surface area (Å²) in [4.78, 5) is 12.8. The van der Waals surface area contributed by atoms with Crippen LogP contribution < -0.4 is 10.0 Å². The Kier molecular flexibility index (Phi) is 6.56. The van der Waals surface area contributed by atoms with E-state index in [9.17, 15) is 13.2 Å². The van der Waals surface area contributed by atoms with Gasteiger partial charge in [-0.25, -0.2) is 8.42 Å². The Morgan fingerprint density at radius 1 is 0.966 bits per heavy atom. The van der Waals surface area contributed by atoms with Crippen LogP contribution in [0.5, 0.6) is 0 Å². The monoisotopic (exact) mass is 428 g/mol. The largest absolute Gasteiger partial charge is 0.345 e. The van der Waals surface area contributed by atoms with Crippen LogP contribution >= 0.6 is 11.6 Å². The number of rotatable bonds is 7. The smallest absolute Gasteiger partial charge is 0.261 e. The summed E-state index contributed by atoms with van der Waals surface area (Å²) in [5.74, 6) is -0.278. The SMILES string of the molecule is CC[C@H](NC(=O)c1ccc(NS(=O)(=O)c2ccccc2)c(Cl)c1)c1ccccc1. The Hall–Kier alpha value is -2.83. The summed E-state index contributed by atoms with van der Waals surface area (Å²) in [5, 5.41) is 3.13.